The van der Waals surface area contributed by atoms with Gasteiger partial charge < -0.3 is 15.2 Å². The molecule has 5 heteroatoms. The molecular formula is C16H17NO3S. The Hall–Kier alpha value is -2.14. The zero-order valence-corrected chi connectivity index (χ0v) is 12.6. The van der Waals surface area contributed by atoms with Gasteiger partial charge in [-0.3, -0.25) is 0 Å². The Morgan fingerprint density at radius 1 is 1.19 bits per heavy atom. The summed E-state index contributed by atoms with van der Waals surface area (Å²) in [6.07, 6.45) is 0. The van der Waals surface area contributed by atoms with Crippen LogP contribution in [0.15, 0.2) is 53.4 Å². The highest BCUT2D eigenvalue weighted by Crippen LogP contribution is 2.24. The van der Waals surface area contributed by atoms with Gasteiger partial charge in [0, 0.05) is 10.6 Å². The summed E-state index contributed by atoms with van der Waals surface area (Å²) >= 11 is 1.72. The molecule has 0 fully saturated rings. The molecular weight excluding hydrogens is 286 g/mol. The fraction of sp³-hybridized carbons (Fsp3) is 0.188. The first-order chi connectivity index (χ1) is 10.2. The molecule has 0 amide bonds. The molecule has 0 aromatic heterocycles. The summed E-state index contributed by atoms with van der Waals surface area (Å²) in [6, 6.07) is 15.0. The van der Waals surface area contributed by atoms with Crippen molar-refractivity contribution < 1.29 is 14.3 Å². The Morgan fingerprint density at radius 3 is 2.62 bits per heavy atom. The maximum absolute atomic E-state index is 11.4. The van der Waals surface area contributed by atoms with Crippen molar-refractivity contribution in [2.75, 3.05) is 25.2 Å². The van der Waals surface area contributed by atoms with Crippen LogP contribution >= 0.6 is 11.8 Å². The highest BCUT2D eigenvalue weighted by Gasteiger charge is 2.08. The molecule has 0 saturated carbocycles. The van der Waals surface area contributed by atoms with Crippen LogP contribution in [0.5, 0.6) is 5.75 Å². The third-order valence-corrected chi connectivity index (χ3v) is 3.76. The van der Waals surface area contributed by atoms with Crippen LogP contribution in [-0.4, -0.2) is 25.4 Å². The van der Waals surface area contributed by atoms with Gasteiger partial charge in [-0.05, 0) is 30.3 Å². The largest absolute Gasteiger partial charge is 0.491 e. The standard InChI is InChI=1S/C16H17NO3S/c1-19-16(18)12-7-8-15(14(17)11-12)20-9-10-21-13-5-3-2-4-6-13/h2-8,11H,9-10,17H2,1H3. The van der Waals surface area contributed by atoms with Crippen molar-refractivity contribution in [2.24, 2.45) is 0 Å². The van der Waals surface area contributed by atoms with E-state index in [1.807, 2.05) is 18.2 Å². The molecule has 0 radical (unpaired) electrons. The van der Waals surface area contributed by atoms with E-state index < -0.39 is 5.97 Å². The van der Waals surface area contributed by atoms with E-state index in [4.69, 9.17) is 10.5 Å². The molecule has 0 saturated heterocycles. The van der Waals surface area contributed by atoms with Gasteiger partial charge in [0.2, 0.25) is 0 Å². The average molecular weight is 303 g/mol. The third-order valence-electron chi connectivity index (χ3n) is 2.78. The lowest BCUT2D eigenvalue weighted by molar-refractivity contribution is 0.0601. The van der Waals surface area contributed by atoms with Crippen molar-refractivity contribution in [2.45, 2.75) is 4.90 Å². The maximum Gasteiger partial charge on any atom is 0.337 e. The topological polar surface area (TPSA) is 61.5 Å². The summed E-state index contributed by atoms with van der Waals surface area (Å²) in [7, 11) is 1.34. The van der Waals surface area contributed by atoms with Gasteiger partial charge in [0.1, 0.15) is 5.75 Å². The quantitative estimate of drug-likeness (QED) is 0.384. The van der Waals surface area contributed by atoms with Crippen molar-refractivity contribution in [3.8, 4) is 5.75 Å². The molecule has 0 aliphatic rings. The summed E-state index contributed by atoms with van der Waals surface area (Å²) in [5, 5.41) is 0. The molecule has 0 atom stereocenters. The van der Waals surface area contributed by atoms with Gasteiger partial charge in [-0.1, -0.05) is 18.2 Å². The second-order valence-corrected chi connectivity index (χ2v) is 5.42. The lowest BCUT2D eigenvalue weighted by Crippen LogP contribution is -2.05. The van der Waals surface area contributed by atoms with E-state index in [0.717, 1.165) is 5.75 Å². The van der Waals surface area contributed by atoms with E-state index in [1.165, 1.54) is 12.0 Å². The van der Waals surface area contributed by atoms with Gasteiger partial charge in [-0.2, -0.15) is 0 Å². The molecule has 0 bridgehead atoms. The van der Waals surface area contributed by atoms with Crippen LogP contribution in [0.25, 0.3) is 0 Å². The minimum absolute atomic E-state index is 0.409. The van der Waals surface area contributed by atoms with E-state index >= 15 is 0 Å². The van der Waals surface area contributed by atoms with E-state index in [-0.39, 0.29) is 0 Å². The van der Waals surface area contributed by atoms with Crippen LogP contribution in [0.4, 0.5) is 5.69 Å². The van der Waals surface area contributed by atoms with Gasteiger partial charge in [-0.15, -0.1) is 11.8 Å². The van der Waals surface area contributed by atoms with Crippen molar-refractivity contribution in [1.29, 1.82) is 0 Å². The summed E-state index contributed by atoms with van der Waals surface area (Å²) in [5.41, 5.74) is 6.72. The van der Waals surface area contributed by atoms with Gasteiger partial charge in [0.05, 0.1) is 25.0 Å². The second-order valence-electron chi connectivity index (χ2n) is 4.25. The number of nitrogen functional groups attached to an aromatic ring is 1. The number of ether oxygens (including phenoxy) is 2. The zero-order chi connectivity index (χ0) is 15.1. The predicted octanol–water partition coefficient (Wildman–Crippen LogP) is 3.23. The third kappa shape index (κ3) is 4.43. The van der Waals surface area contributed by atoms with Crippen LogP contribution in [0.2, 0.25) is 0 Å². The van der Waals surface area contributed by atoms with E-state index in [0.29, 0.717) is 23.6 Å². The second kappa shape index (κ2) is 7.59. The highest BCUT2D eigenvalue weighted by atomic mass is 32.2. The molecule has 2 aromatic rings. The molecule has 2 aromatic carbocycles. The lowest BCUT2D eigenvalue weighted by Gasteiger charge is -2.09. The summed E-state index contributed by atoms with van der Waals surface area (Å²) in [4.78, 5) is 12.6. The average Bonchev–Trinajstić information content (AvgIpc) is 2.53. The number of rotatable bonds is 6. The summed E-state index contributed by atoms with van der Waals surface area (Å²) < 4.78 is 10.3. The normalized spacial score (nSPS) is 10.1. The van der Waals surface area contributed by atoms with Gasteiger partial charge in [0.25, 0.3) is 0 Å². The molecule has 4 nitrogen and oxygen atoms in total. The van der Waals surface area contributed by atoms with Crippen molar-refractivity contribution in [1.82, 2.24) is 0 Å². The Labute approximate surface area is 128 Å². The van der Waals surface area contributed by atoms with Gasteiger partial charge in [0.15, 0.2) is 0 Å². The molecule has 110 valence electrons. The molecule has 21 heavy (non-hydrogen) atoms. The van der Waals surface area contributed by atoms with Crippen LogP contribution in [0, 0.1) is 0 Å². The summed E-state index contributed by atoms with van der Waals surface area (Å²) in [5.74, 6) is 0.992. The van der Waals surface area contributed by atoms with E-state index in [9.17, 15) is 4.79 Å². The van der Waals surface area contributed by atoms with E-state index in [1.54, 1.807) is 30.0 Å². The van der Waals surface area contributed by atoms with Crippen molar-refractivity contribution >= 4 is 23.4 Å². The van der Waals surface area contributed by atoms with Crippen LogP contribution in [-0.2, 0) is 4.74 Å². The Bertz CT molecular complexity index is 602. The number of thioether (sulfide) groups is 1. The van der Waals surface area contributed by atoms with Gasteiger partial charge >= 0.3 is 5.97 Å². The minimum Gasteiger partial charge on any atom is -0.491 e. The first-order valence-electron chi connectivity index (χ1n) is 6.49. The minimum atomic E-state index is -0.409. The number of hydrogen-bond acceptors (Lipinski definition) is 5. The van der Waals surface area contributed by atoms with E-state index in [2.05, 4.69) is 16.9 Å². The first kappa shape index (κ1) is 15.3. The van der Waals surface area contributed by atoms with Crippen molar-refractivity contribution in [3.05, 3.63) is 54.1 Å². The zero-order valence-electron chi connectivity index (χ0n) is 11.7. The maximum atomic E-state index is 11.4. The first-order valence-corrected chi connectivity index (χ1v) is 7.48. The number of benzene rings is 2. The number of esters is 1. The molecule has 0 aliphatic heterocycles. The molecule has 0 unspecified atom stereocenters. The molecule has 2 N–H and O–H groups in total. The van der Waals surface area contributed by atoms with Crippen LogP contribution < -0.4 is 10.5 Å². The fourth-order valence-electron chi connectivity index (χ4n) is 1.75. The number of carbonyl (C=O) groups excluding carboxylic acids is 1. The van der Waals surface area contributed by atoms with Crippen LogP contribution in [0.3, 0.4) is 0 Å². The Morgan fingerprint density at radius 2 is 1.95 bits per heavy atom. The summed E-state index contributed by atoms with van der Waals surface area (Å²) in [6.45, 7) is 0.543. The molecule has 0 spiro atoms. The molecule has 2 rings (SSSR count). The number of hydrogen-bond donors (Lipinski definition) is 1. The van der Waals surface area contributed by atoms with Gasteiger partial charge in [-0.25, -0.2) is 4.79 Å². The molecule has 0 heterocycles. The number of methoxy groups -OCH3 is 1. The molecule has 0 aliphatic carbocycles. The van der Waals surface area contributed by atoms with Crippen molar-refractivity contribution in [3.63, 3.8) is 0 Å². The monoisotopic (exact) mass is 303 g/mol. The highest BCUT2D eigenvalue weighted by molar-refractivity contribution is 7.99. The number of carbonyl (C=O) groups is 1. The SMILES string of the molecule is COC(=O)c1ccc(OCCSc2ccccc2)c(N)c1. The Kier molecular flexibility index (Phi) is 5.51. The Balaban J connectivity index is 1.85. The lowest BCUT2D eigenvalue weighted by atomic mass is 10.2. The predicted molar refractivity (Wildman–Crippen MR) is 84.9 cm³/mol. The number of anilines is 1. The fourth-order valence-corrected chi connectivity index (χ4v) is 2.50. The van der Waals surface area contributed by atoms with Crippen LogP contribution in [0.1, 0.15) is 10.4 Å². The number of nitrogens with two attached hydrogens (primary N) is 1. The smallest absolute Gasteiger partial charge is 0.337 e.